The van der Waals surface area contributed by atoms with Gasteiger partial charge in [0.05, 0.1) is 6.61 Å². The summed E-state index contributed by atoms with van der Waals surface area (Å²) < 4.78 is 4.65. The van der Waals surface area contributed by atoms with Gasteiger partial charge in [0.2, 0.25) is 0 Å². The Balaban J connectivity index is 2.27. The SMILES string of the molecule is CCOC(=O)NCCNC(=O)c1cccc(O)c1. The molecule has 0 radical (unpaired) electrons. The van der Waals surface area contributed by atoms with Crippen molar-refractivity contribution in [2.24, 2.45) is 0 Å². The van der Waals surface area contributed by atoms with E-state index in [2.05, 4.69) is 15.4 Å². The minimum atomic E-state index is -0.510. The van der Waals surface area contributed by atoms with Crippen LogP contribution in [0, 0.1) is 0 Å². The molecule has 0 atom stereocenters. The quantitative estimate of drug-likeness (QED) is 0.678. The molecule has 2 amide bonds. The van der Waals surface area contributed by atoms with Crippen molar-refractivity contribution in [2.75, 3.05) is 19.7 Å². The fourth-order valence-electron chi connectivity index (χ4n) is 1.27. The zero-order chi connectivity index (χ0) is 13.4. The van der Waals surface area contributed by atoms with Crippen LogP contribution >= 0.6 is 0 Å². The highest BCUT2D eigenvalue weighted by Crippen LogP contribution is 2.10. The largest absolute Gasteiger partial charge is 0.508 e. The Kier molecular flexibility index (Phi) is 5.50. The highest BCUT2D eigenvalue weighted by atomic mass is 16.5. The molecule has 1 aromatic rings. The van der Waals surface area contributed by atoms with Gasteiger partial charge in [-0.2, -0.15) is 0 Å². The number of carbonyl (C=O) groups is 2. The molecule has 0 heterocycles. The fourth-order valence-corrected chi connectivity index (χ4v) is 1.27. The third-order valence-electron chi connectivity index (χ3n) is 2.06. The molecule has 6 heteroatoms. The van der Waals surface area contributed by atoms with E-state index in [1.807, 2.05) is 0 Å². The van der Waals surface area contributed by atoms with E-state index in [9.17, 15) is 14.7 Å². The van der Waals surface area contributed by atoms with Crippen LogP contribution in [0.3, 0.4) is 0 Å². The fraction of sp³-hybridized carbons (Fsp3) is 0.333. The first-order valence-corrected chi connectivity index (χ1v) is 5.61. The molecule has 0 fully saturated rings. The second kappa shape index (κ2) is 7.16. The summed E-state index contributed by atoms with van der Waals surface area (Å²) in [6, 6.07) is 6.03. The summed E-state index contributed by atoms with van der Waals surface area (Å²) in [4.78, 5) is 22.5. The van der Waals surface area contributed by atoms with E-state index in [0.717, 1.165) is 0 Å². The number of phenolic OH excluding ortho intramolecular Hbond substituents is 1. The highest BCUT2D eigenvalue weighted by Gasteiger charge is 2.05. The van der Waals surface area contributed by atoms with Gasteiger partial charge in [-0.25, -0.2) is 4.79 Å². The molecule has 6 nitrogen and oxygen atoms in total. The van der Waals surface area contributed by atoms with Crippen molar-refractivity contribution >= 4 is 12.0 Å². The maximum atomic E-state index is 11.6. The zero-order valence-corrected chi connectivity index (χ0v) is 10.1. The van der Waals surface area contributed by atoms with Gasteiger partial charge in [-0.3, -0.25) is 4.79 Å². The van der Waals surface area contributed by atoms with Gasteiger partial charge in [0.1, 0.15) is 5.75 Å². The standard InChI is InChI=1S/C12H16N2O4/c1-2-18-12(17)14-7-6-13-11(16)9-4-3-5-10(15)8-9/h3-5,8,15H,2,6-7H2,1H3,(H,13,16)(H,14,17). The lowest BCUT2D eigenvalue weighted by atomic mass is 10.2. The second-order valence-electron chi connectivity index (χ2n) is 3.45. The average molecular weight is 252 g/mol. The third-order valence-corrected chi connectivity index (χ3v) is 2.06. The lowest BCUT2D eigenvalue weighted by Gasteiger charge is -2.07. The molecule has 0 saturated heterocycles. The molecule has 0 aliphatic heterocycles. The highest BCUT2D eigenvalue weighted by molar-refractivity contribution is 5.94. The Morgan fingerprint density at radius 2 is 2.00 bits per heavy atom. The molecule has 1 aromatic carbocycles. The Hall–Kier alpha value is -2.24. The third kappa shape index (κ3) is 4.73. The summed E-state index contributed by atoms with van der Waals surface area (Å²) in [6.45, 7) is 2.58. The number of aromatic hydroxyl groups is 1. The summed E-state index contributed by atoms with van der Waals surface area (Å²) in [5.74, 6) is -0.274. The van der Waals surface area contributed by atoms with E-state index in [1.165, 1.54) is 12.1 Å². The van der Waals surface area contributed by atoms with E-state index in [-0.39, 0.29) is 24.7 Å². The molecule has 0 unspecified atom stereocenters. The molecule has 1 rings (SSSR count). The summed E-state index contributed by atoms with van der Waals surface area (Å²) in [5, 5.41) is 14.3. The lowest BCUT2D eigenvalue weighted by Crippen LogP contribution is -2.34. The van der Waals surface area contributed by atoms with Gasteiger partial charge in [-0.15, -0.1) is 0 Å². The van der Waals surface area contributed by atoms with Crippen molar-refractivity contribution < 1.29 is 19.4 Å². The first-order chi connectivity index (χ1) is 8.63. The Morgan fingerprint density at radius 1 is 1.28 bits per heavy atom. The van der Waals surface area contributed by atoms with Gasteiger partial charge in [-0.1, -0.05) is 6.07 Å². The van der Waals surface area contributed by atoms with Crippen molar-refractivity contribution in [3.63, 3.8) is 0 Å². The lowest BCUT2D eigenvalue weighted by molar-refractivity contribution is 0.0952. The molecule has 0 aromatic heterocycles. The first kappa shape index (κ1) is 13.8. The number of nitrogens with one attached hydrogen (secondary N) is 2. The van der Waals surface area contributed by atoms with E-state index in [0.29, 0.717) is 12.2 Å². The maximum absolute atomic E-state index is 11.6. The summed E-state index contributed by atoms with van der Waals surface area (Å²) in [6.07, 6.45) is -0.510. The smallest absolute Gasteiger partial charge is 0.407 e. The number of hydrogen-bond acceptors (Lipinski definition) is 4. The normalized spacial score (nSPS) is 9.61. The molecule has 0 aliphatic carbocycles. The molecular formula is C12H16N2O4. The van der Waals surface area contributed by atoms with Crippen LogP contribution in [0.4, 0.5) is 4.79 Å². The average Bonchev–Trinajstić information content (AvgIpc) is 2.35. The van der Waals surface area contributed by atoms with Crippen LogP contribution in [0.15, 0.2) is 24.3 Å². The van der Waals surface area contributed by atoms with Crippen LogP contribution in [0.5, 0.6) is 5.75 Å². The van der Waals surface area contributed by atoms with E-state index >= 15 is 0 Å². The molecule has 18 heavy (non-hydrogen) atoms. The van der Waals surface area contributed by atoms with Crippen LogP contribution in [0.25, 0.3) is 0 Å². The summed E-state index contributed by atoms with van der Waals surface area (Å²) >= 11 is 0. The van der Waals surface area contributed by atoms with Crippen molar-refractivity contribution in [1.82, 2.24) is 10.6 Å². The van der Waals surface area contributed by atoms with Crippen LogP contribution in [-0.2, 0) is 4.74 Å². The van der Waals surface area contributed by atoms with E-state index in [1.54, 1.807) is 19.1 Å². The van der Waals surface area contributed by atoms with Gasteiger partial charge < -0.3 is 20.5 Å². The topological polar surface area (TPSA) is 87.7 Å². The number of alkyl carbamates (subject to hydrolysis) is 1. The van der Waals surface area contributed by atoms with Crippen LogP contribution in [0.2, 0.25) is 0 Å². The summed E-state index contributed by atoms with van der Waals surface area (Å²) in [5.41, 5.74) is 0.367. The van der Waals surface area contributed by atoms with Crippen LogP contribution in [0.1, 0.15) is 17.3 Å². The predicted molar refractivity (Wildman–Crippen MR) is 65.5 cm³/mol. The Labute approximate surface area is 105 Å². The van der Waals surface area contributed by atoms with Crippen molar-refractivity contribution in [3.05, 3.63) is 29.8 Å². The zero-order valence-electron chi connectivity index (χ0n) is 10.1. The van der Waals surface area contributed by atoms with E-state index < -0.39 is 6.09 Å². The number of phenols is 1. The number of rotatable bonds is 5. The first-order valence-electron chi connectivity index (χ1n) is 5.61. The monoisotopic (exact) mass is 252 g/mol. The number of carbonyl (C=O) groups excluding carboxylic acids is 2. The predicted octanol–water partition coefficient (Wildman–Crippen LogP) is 0.868. The van der Waals surface area contributed by atoms with Gasteiger partial charge in [0.25, 0.3) is 5.91 Å². The van der Waals surface area contributed by atoms with Gasteiger partial charge in [-0.05, 0) is 25.1 Å². The minimum absolute atomic E-state index is 0.0345. The van der Waals surface area contributed by atoms with Gasteiger partial charge in [0, 0.05) is 18.7 Å². The van der Waals surface area contributed by atoms with Crippen molar-refractivity contribution in [2.45, 2.75) is 6.92 Å². The number of benzene rings is 1. The molecule has 0 spiro atoms. The molecular weight excluding hydrogens is 236 g/mol. The van der Waals surface area contributed by atoms with Crippen LogP contribution < -0.4 is 10.6 Å². The van der Waals surface area contributed by atoms with Gasteiger partial charge >= 0.3 is 6.09 Å². The Bertz CT molecular complexity index is 420. The molecule has 3 N–H and O–H groups in total. The summed E-state index contributed by atoms with van der Waals surface area (Å²) in [7, 11) is 0. The number of amides is 2. The molecule has 0 aliphatic rings. The Morgan fingerprint density at radius 3 is 2.67 bits per heavy atom. The van der Waals surface area contributed by atoms with Crippen molar-refractivity contribution in [3.8, 4) is 5.75 Å². The molecule has 0 saturated carbocycles. The number of ether oxygens (including phenoxy) is 1. The maximum Gasteiger partial charge on any atom is 0.407 e. The number of hydrogen-bond donors (Lipinski definition) is 3. The second-order valence-corrected chi connectivity index (χ2v) is 3.45. The molecule has 98 valence electrons. The van der Waals surface area contributed by atoms with Crippen molar-refractivity contribution in [1.29, 1.82) is 0 Å². The minimum Gasteiger partial charge on any atom is -0.508 e. The van der Waals surface area contributed by atoms with Crippen LogP contribution in [-0.4, -0.2) is 36.8 Å². The molecule has 0 bridgehead atoms. The van der Waals surface area contributed by atoms with E-state index in [4.69, 9.17) is 0 Å². The van der Waals surface area contributed by atoms with Gasteiger partial charge in [0.15, 0.2) is 0 Å².